The molecule has 0 spiro atoms. The van der Waals surface area contributed by atoms with Gasteiger partial charge in [0.25, 0.3) is 0 Å². The summed E-state index contributed by atoms with van der Waals surface area (Å²) in [5.74, 6) is 0. The Kier molecular flexibility index (Phi) is 11.7. The molecule has 0 aliphatic carbocycles. The molecule has 11 heavy (non-hydrogen) atoms. The lowest BCUT2D eigenvalue weighted by Crippen LogP contribution is -2.26. The van der Waals surface area contributed by atoms with Gasteiger partial charge in [0, 0.05) is 6.04 Å². The molecule has 0 aliphatic heterocycles. The van der Waals surface area contributed by atoms with E-state index in [1.807, 2.05) is 13.8 Å². The second-order valence-electron chi connectivity index (χ2n) is 2.34. The van der Waals surface area contributed by atoms with Gasteiger partial charge in [-0.3, -0.25) is 0 Å². The molecule has 1 nitrogen and oxygen atoms in total. The van der Waals surface area contributed by atoms with Crippen molar-refractivity contribution in [1.29, 1.82) is 0 Å². The van der Waals surface area contributed by atoms with Crippen LogP contribution in [0.1, 0.15) is 34.6 Å². The van der Waals surface area contributed by atoms with Crippen LogP contribution in [0.15, 0.2) is 12.2 Å². The highest BCUT2D eigenvalue weighted by molar-refractivity contribution is 4.88. The smallest absolute Gasteiger partial charge is 0.0246 e. The van der Waals surface area contributed by atoms with E-state index in [1.54, 1.807) is 0 Å². The first-order valence-corrected chi connectivity index (χ1v) is 4.55. The predicted molar refractivity (Wildman–Crippen MR) is 53.9 cm³/mol. The normalized spacial score (nSPS) is 13.0. The third kappa shape index (κ3) is 7.60. The third-order valence-electron chi connectivity index (χ3n) is 1.67. The van der Waals surface area contributed by atoms with Crippen molar-refractivity contribution < 1.29 is 0 Å². The number of hydrogen-bond acceptors (Lipinski definition) is 1. The van der Waals surface area contributed by atoms with Crippen molar-refractivity contribution in [2.24, 2.45) is 0 Å². The van der Waals surface area contributed by atoms with Crippen LogP contribution in [0.2, 0.25) is 0 Å². The average molecular weight is 157 g/mol. The molecule has 0 aromatic rings. The molecule has 0 rings (SSSR count). The van der Waals surface area contributed by atoms with E-state index in [4.69, 9.17) is 0 Å². The first kappa shape index (κ1) is 13.3. The molecule has 0 aromatic heterocycles. The molecule has 0 bridgehead atoms. The largest absolute Gasteiger partial charge is 0.301 e. The molecule has 1 heteroatoms. The molecule has 0 heterocycles. The van der Waals surface area contributed by atoms with Crippen molar-refractivity contribution in [3.63, 3.8) is 0 Å². The number of likely N-dealkylation sites (N-methyl/N-ethyl adjacent to an activating group) is 1. The van der Waals surface area contributed by atoms with E-state index in [9.17, 15) is 0 Å². The summed E-state index contributed by atoms with van der Waals surface area (Å²) in [5.41, 5.74) is 0. The Labute approximate surface area is 72.1 Å². The van der Waals surface area contributed by atoms with E-state index in [1.165, 1.54) is 0 Å². The Morgan fingerprint density at radius 1 is 1.36 bits per heavy atom. The van der Waals surface area contributed by atoms with Crippen LogP contribution in [0.25, 0.3) is 0 Å². The van der Waals surface area contributed by atoms with Gasteiger partial charge in [0.15, 0.2) is 0 Å². The van der Waals surface area contributed by atoms with Crippen molar-refractivity contribution in [3.8, 4) is 0 Å². The van der Waals surface area contributed by atoms with Crippen molar-refractivity contribution in [2.45, 2.75) is 40.7 Å². The minimum absolute atomic E-state index is 0.583. The first-order chi connectivity index (χ1) is 5.22. The molecule has 68 valence electrons. The summed E-state index contributed by atoms with van der Waals surface area (Å²) in [6.45, 7) is 11.5. The molecule has 0 saturated heterocycles. The summed E-state index contributed by atoms with van der Waals surface area (Å²) in [4.78, 5) is 2.29. The monoisotopic (exact) mass is 157 g/mol. The van der Waals surface area contributed by atoms with Crippen LogP contribution >= 0.6 is 0 Å². The molecular weight excluding hydrogens is 134 g/mol. The molecule has 1 unspecified atom stereocenters. The van der Waals surface area contributed by atoms with Crippen LogP contribution < -0.4 is 0 Å². The highest BCUT2D eigenvalue weighted by Gasteiger charge is 1.99. The van der Waals surface area contributed by atoms with Crippen LogP contribution in [0.5, 0.6) is 0 Å². The van der Waals surface area contributed by atoms with Gasteiger partial charge in [0.05, 0.1) is 0 Å². The molecule has 0 aromatic carbocycles. The lowest BCUT2D eigenvalue weighted by atomic mass is 10.3. The van der Waals surface area contributed by atoms with Gasteiger partial charge in [-0.1, -0.05) is 32.9 Å². The second kappa shape index (κ2) is 9.70. The predicted octanol–water partition coefficient (Wildman–Crippen LogP) is 2.93. The van der Waals surface area contributed by atoms with Gasteiger partial charge in [-0.2, -0.15) is 0 Å². The van der Waals surface area contributed by atoms with Gasteiger partial charge in [-0.25, -0.2) is 0 Å². The zero-order chi connectivity index (χ0) is 9.28. The molecule has 1 atom stereocenters. The fraction of sp³-hybridized carbons (Fsp3) is 0.800. The summed E-state index contributed by atoms with van der Waals surface area (Å²) in [6.07, 6.45) is 4.29. The number of rotatable bonds is 3. The van der Waals surface area contributed by atoms with Crippen LogP contribution in [0.4, 0.5) is 0 Å². The van der Waals surface area contributed by atoms with Crippen molar-refractivity contribution in [3.05, 3.63) is 12.2 Å². The van der Waals surface area contributed by atoms with Gasteiger partial charge in [0.1, 0.15) is 0 Å². The third-order valence-corrected chi connectivity index (χ3v) is 1.67. The molecule has 0 fully saturated rings. The SMILES string of the molecule is C/C=C\C(C)N(C)CC.CC. The van der Waals surface area contributed by atoms with E-state index in [0.29, 0.717) is 6.04 Å². The first-order valence-electron chi connectivity index (χ1n) is 4.55. The molecular formula is C10H23N. The van der Waals surface area contributed by atoms with E-state index >= 15 is 0 Å². The summed E-state index contributed by atoms with van der Waals surface area (Å²) in [6, 6.07) is 0.583. The molecule has 0 aliphatic rings. The van der Waals surface area contributed by atoms with Crippen molar-refractivity contribution >= 4 is 0 Å². The Morgan fingerprint density at radius 3 is 2.09 bits per heavy atom. The molecule has 0 radical (unpaired) electrons. The zero-order valence-corrected chi connectivity index (χ0v) is 8.89. The maximum Gasteiger partial charge on any atom is 0.0246 e. The maximum absolute atomic E-state index is 2.29. The highest BCUT2D eigenvalue weighted by atomic mass is 15.1. The Hall–Kier alpha value is -0.300. The quantitative estimate of drug-likeness (QED) is 0.569. The highest BCUT2D eigenvalue weighted by Crippen LogP contribution is 1.94. The Bertz CT molecular complexity index is 86.9. The van der Waals surface area contributed by atoms with Crippen LogP contribution in [-0.4, -0.2) is 24.5 Å². The van der Waals surface area contributed by atoms with Crippen LogP contribution in [-0.2, 0) is 0 Å². The summed E-state index contributed by atoms with van der Waals surface area (Å²) in [5, 5.41) is 0. The fourth-order valence-corrected chi connectivity index (χ4v) is 0.713. The summed E-state index contributed by atoms with van der Waals surface area (Å²) in [7, 11) is 2.13. The number of allylic oxidation sites excluding steroid dienone is 1. The molecule has 0 saturated carbocycles. The Morgan fingerprint density at radius 2 is 1.82 bits per heavy atom. The van der Waals surface area contributed by atoms with Gasteiger partial charge in [-0.05, 0) is 27.4 Å². The maximum atomic E-state index is 2.29. The van der Waals surface area contributed by atoms with Crippen LogP contribution in [0, 0.1) is 0 Å². The zero-order valence-electron chi connectivity index (χ0n) is 8.89. The van der Waals surface area contributed by atoms with E-state index < -0.39 is 0 Å². The molecule has 0 amide bonds. The van der Waals surface area contributed by atoms with Gasteiger partial charge in [-0.15, -0.1) is 0 Å². The van der Waals surface area contributed by atoms with Crippen LogP contribution in [0.3, 0.4) is 0 Å². The Balaban J connectivity index is 0. The topological polar surface area (TPSA) is 3.24 Å². The van der Waals surface area contributed by atoms with Crippen molar-refractivity contribution in [1.82, 2.24) is 4.90 Å². The summed E-state index contributed by atoms with van der Waals surface area (Å²) < 4.78 is 0. The second-order valence-corrected chi connectivity index (χ2v) is 2.34. The van der Waals surface area contributed by atoms with Crippen molar-refractivity contribution in [2.75, 3.05) is 13.6 Å². The standard InChI is InChI=1S/C8H17N.C2H6/c1-5-7-8(3)9(4)6-2;1-2/h5,7-8H,6H2,1-4H3;1-2H3/b7-5-;. The van der Waals surface area contributed by atoms with Gasteiger partial charge in [0.2, 0.25) is 0 Å². The van der Waals surface area contributed by atoms with E-state index in [2.05, 4.69) is 44.9 Å². The lowest BCUT2D eigenvalue weighted by molar-refractivity contribution is 0.313. The van der Waals surface area contributed by atoms with Gasteiger partial charge >= 0.3 is 0 Å². The van der Waals surface area contributed by atoms with Gasteiger partial charge < -0.3 is 4.90 Å². The molecule has 0 N–H and O–H groups in total. The minimum atomic E-state index is 0.583. The number of nitrogens with zero attached hydrogens (tertiary/aromatic N) is 1. The lowest BCUT2D eigenvalue weighted by Gasteiger charge is -2.18. The number of hydrogen-bond donors (Lipinski definition) is 0. The van der Waals surface area contributed by atoms with E-state index in [-0.39, 0.29) is 0 Å². The average Bonchev–Trinajstić information content (AvgIpc) is 2.07. The summed E-state index contributed by atoms with van der Waals surface area (Å²) >= 11 is 0. The van der Waals surface area contributed by atoms with E-state index in [0.717, 1.165) is 6.54 Å². The fourth-order valence-electron chi connectivity index (χ4n) is 0.713. The minimum Gasteiger partial charge on any atom is -0.301 e.